The molecule has 0 aliphatic heterocycles. The summed E-state index contributed by atoms with van der Waals surface area (Å²) in [6.07, 6.45) is 0.856. The highest BCUT2D eigenvalue weighted by Crippen LogP contribution is 2.07. The van der Waals surface area contributed by atoms with Gasteiger partial charge in [-0.15, -0.1) is 0 Å². The lowest BCUT2D eigenvalue weighted by molar-refractivity contribution is -0.142. The zero-order chi connectivity index (χ0) is 59.5. The standard InChI is InChI=1S/C43H81N19O16/c1-21(32(68)59-28(18-64)38(74)55-23(9-3-5-13-45)34(70)57-25(41(77)78)11-7-15-53-43(50)51)54-37(73)27(17-63)60-35(71)24(10-6-14-52-42(48)49)56-39(75)29(19-65)62-40(76)30(20-66)61-36(72)26(16-31(47)67)58-33(69)22(46)8-2-4-12-44/h21-30,63-66H,2-20,44-46H2,1H3,(H2,47,67)(H,54,73)(H,55,74)(H,56,75)(H,57,70)(H,58,69)(H,59,68)(H,60,71)(H,61,72)(H,62,76)(H,77,78)(H4,48,49,52)(H4,50,51,53)/t21-,22-,23-,24-,25-,26-,27-,28-,29-,30-/m0/s1. The summed E-state index contributed by atoms with van der Waals surface area (Å²) in [4.78, 5) is 150. The molecule has 10 amide bonds. The van der Waals surface area contributed by atoms with Gasteiger partial charge >= 0.3 is 5.97 Å². The predicted molar refractivity (Wildman–Crippen MR) is 276 cm³/mol. The van der Waals surface area contributed by atoms with E-state index in [0.717, 1.165) is 6.92 Å². The lowest BCUT2D eigenvalue weighted by atomic mass is 10.1. The lowest BCUT2D eigenvalue weighted by Gasteiger charge is -2.26. The van der Waals surface area contributed by atoms with E-state index in [1.165, 1.54) is 0 Å². The first kappa shape index (κ1) is 70.4. The lowest BCUT2D eigenvalue weighted by Crippen LogP contribution is -2.61. The number of rotatable bonds is 41. The fourth-order valence-corrected chi connectivity index (χ4v) is 6.71. The number of carbonyl (C=O) groups excluding carboxylic acids is 10. The number of amides is 10. The number of guanidine groups is 2. The number of aliphatic hydroxyl groups excluding tert-OH is 4. The van der Waals surface area contributed by atoms with Crippen LogP contribution in [0.5, 0.6) is 0 Å². The number of nitrogens with one attached hydrogen (secondary N) is 9. The average molecular weight is 1120 g/mol. The Kier molecular flexibility index (Phi) is 35.1. The molecule has 78 heavy (non-hydrogen) atoms. The number of nitrogens with two attached hydrogens (primary N) is 8. The summed E-state index contributed by atoms with van der Waals surface area (Å²) in [5.74, 6) is -12.9. The van der Waals surface area contributed by atoms with E-state index in [1.54, 1.807) is 0 Å². The maximum atomic E-state index is 13.6. The molecule has 0 unspecified atom stereocenters. The molecule has 0 aromatic rings. The van der Waals surface area contributed by atoms with E-state index < -0.39 is 158 Å². The maximum absolute atomic E-state index is 13.6. The van der Waals surface area contributed by atoms with Crippen molar-refractivity contribution >= 4 is 77.0 Å². The third-order valence-electron chi connectivity index (χ3n) is 11.1. The third-order valence-corrected chi connectivity index (χ3v) is 11.1. The Morgan fingerprint density at radius 3 is 1.08 bits per heavy atom. The van der Waals surface area contributed by atoms with Crippen LogP contribution in [0.25, 0.3) is 0 Å². The first-order valence-electron chi connectivity index (χ1n) is 24.7. The second kappa shape index (κ2) is 38.9. The van der Waals surface area contributed by atoms with Crippen LogP contribution in [0.15, 0.2) is 9.98 Å². The number of aliphatic imine (C=N–C) groups is 2. The van der Waals surface area contributed by atoms with Gasteiger partial charge in [0.1, 0.15) is 54.4 Å². The van der Waals surface area contributed by atoms with Crippen molar-refractivity contribution < 1.29 is 78.3 Å². The Morgan fingerprint density at radius 2 is 0.705 bits per heavy atom. The van der Waals surface area contributed by atoms with E-state index in [-0.39, 0.29) is 70.1 Å². The van der Waals surface area contributed by atoms with E-state index in [0.29, 0.717) is 32.2 Å². The number of carboxylic acids is 1. The molecule has 0 aromatic heterocycles. The summed E-state index contributed by atoms with van der Waals surface area (Å²) < 4.78 is 0. The van der Waals surface area contributed by atoms with Crippen molar-refractivity contribution in [3.05, 3.63) is 0 Å². The van der Waals surface area contributed by atoms with Crippen LogP contribution in [0.1, 0.15) is 77.6 Å². The molecule has 35 nitrogen and oxygen atoms in total. The predicted octanol–water partition coefficient (Wildman–Crippen LogP) is -12.0. The van der Waals surface area contributed by atoms with Gasteiger partial charge in [-0.1, -0.05) is 6.42 Å². The summed E-state index contributed by atoms with van der Waals surface area (Å²) in [5.41, 5.74) is 43.5. The largest absolute Gasteiger partial charge is 0.480 e. The van der Waals surface area contributed by atoms with Gasteiger partial charge in [-0.25, -0.2) is 4.79 Å². The van der Waals surface area contributed by atoms with Crippen LogP contribution in [0.4, 0.5) is 0 Å². The number of unbranched alkanes of at least 4 members (excludes halogenated alkanes) is 2. The molecule has 35 heteroatoms. The fraction of sp³-hybridized carbons (Fsp3) is 0.698. The molecule has 0 aliphatic carbocycles. The van der Waals surface area contributed by atoms with Crippen LogP contribution in [0.2, 0.25) is 0 Å². The van der Waals surface area contributed by atoms with Gasteiger partial charge in [-0.05, 0) is 77.8 Å². The van der Waals surface area contributed by atoms with Gasteiger partial charge in [0.25, 0.3) is 0 Å². The molecule has 10 atom stereocenters. The number of nitrogens with zero attached hydrogens (tertiary/aromatic N) is 2. The zero-order valence-electron chi connectivity index (χ0n) is 43.4. The van der Waals surface area contributed by atoms with Crippen molar-refractivity contribution in [2.24, 2.45) is 55.9 Å². The molecule has 0 saturated carbocycles. The van der Waals surface area contributed by atoms with Gasteiger partial charge in [-0.2, -0.15) is 0 Å². The third kappa shape index (κ3) is 28.5. The number of hydrogen-bond acceptors (Lipinski definition) is 20. The van der Waals surface area contributed by atoms with Gasteiger partial charge in [-0.3, -0.25) is 57.9 Å². The summed E-state index contributed by atoms with van der Waals surface area (Å²) in [7, 11) is 0. The topological polar surface area (TPSA) is 630 Å². The molecule has 0 radical (unpaired) electrons. The zero-order valence-corrected chi connectivity index (χ0v) is 43.4. The molecule has 30 N–H and O–H groups in total. The van der Waals surface area contributed by atoms with Crippen LogP contribution >= 0.6 is 0 Å². The van der Waals surface area contributed by atoms with Crippen LogP contribution in [-0.4, -0.2) is 216 Å². The molecule has 0 rings (SSSR count). The van der Waals surface area contributed by atoms with Gasteiger partial charge in [0.15, 0.2) is 11.9 Å². The Morgan fingerprint density at radius 1 is 0.397 bits per heavy atom. The number of primary amides is 1. The molecular formula is C43H81N19O16. The average Bonchev–Trinajstić information content (AvgIpc) is 3.38. The van der Waals surface area contributed by atoms with Crippen molar-refractivity contribution in [1.82, 2.24) is 47.9 Å². The highest BCUT2D eigenvalue weighted by molar-refractivity contribution is 5.99. The van der Waals surface area contributed by atoms with E-state index in [9.17, 15) is 78.3 Å². The van der Waals surface area contributed by atoms with E-state index in [4.69, 9.17) is 45.9 Å². The molecule has 0 heterocycles. The monoisotopic (exact) mass is 1120 g/mol. The van der Waals surface area contributed by atoms with E-state index >= 15 is 0 Å². The maximum Gasteiger partial charge on any atom is 0.326 e. The molecule has 0 spiro atoms. The minimum atomic E-state index is -1.90. The highest BCUT2D eigenvalue weighted by atomic mass is 16.4. The Balaban J connectivity index is 6.10. The SMILES string of the molecule is C[C@H](NC(=O)[C@H](CO)NC(=O)[C@H](CCCN=C(N)N)NC(=O)[C@H](CO)NC(=O)[C@H](CO)NC(=O)[C@H](CC(N)=O)NC(=O)[C@@H](N)CCCCN)C(=O)N[C@@H](CO)C(=O)N[C@@H](CCCCN)C(=O)N[C@@H](CCCN=C(N)N)C(=O)O. The second-order valence-electron chi connectivity index (χ2n) is 17.5. The van der Waals surface area contributed by atoms with Crippen LogP contribution < -0.4 is 93.7 Å². The first-order valence-corrected chi connectivity index (χ1v) is 24.7. The molecule has 0 saturated heterocycles. The smallest absolute Gasteiger partial charge is 0.326 e. The van der Waals surface area contributed by atoms with Crippen molar-refractivity contribution in [3.8, 4) is 0 Å². The summed E-state index contributed by atoms with van der Waals surface area (Å²) in [5, 5.41) is 70.0. The minimum absolute atomic E-state index is 0.0246. The first-order chi connectivity index (χ1) is 36.8. The van der Waals surface area contributed by atoms with Crippen molar-refractivity contribution in [3.63, 3.8) is 0 Å². The van der Waals surface area contributed by atoms with Gasteiger partial charge < -0.3 is 119 Å². The quantitative estimate of drug-likeness (QED) is 0.0154. The molecule has 0 aromatic carbocycles. The molecular weight excluding hydrogens is 1040 g/mol. The molecule has 444 valence electrons. The normalized spacial score (nSPS) is 14.7. The Labute approximate surface area is 448 Å². The minimum Gasteiger partial charge on any atom is -0.480 e. The van der Waals surface area contributed by atoms with E-state index in [2.05, 4.69) is 57.8 Å². The van der Waals surface area contributed by atoms with Crippen molar-refractivity contribution in [2.75, 3.05) is 52.6 Å². The van der Waals surface area contributed by atoms with Gasteiger partial charge in [0.2, 0.25) is 59.1 Å². The van der Waals surface area contributed by atoms with Crippen LogP contribution in [0, 0.1) is 0 Å². The summed E-state index contributed by atoms with van der Waals surface area (Å²) in [6.45, 7) is -2.76. The number of aliphatic hydroxyl groups is 4. The Bertz CT molecular complexity index is 2040. The summed E-state index contributed by atoms with van der Waals surface area (Å²) in [6, 6.07) is -16.1. The summed E-state index contributed by atoms with van der Waals surface area (Å²) >= 11 is 0. The highest BCUT2D eigenvalue weighted by Gasteiger charge is 2.35. The van der Waals surface area contributed by atoms with Crippen molar-refractivity contribution in [2.45, 2.75) is 138 Å². The van der Waals surface area contributed by atoms with Gasteiger partial charge in [0, 0.05) is 13.1 Å². The molecule has 0 bridgehead atoms. The number of hydrogen-bond donors (Lipinski definition) is 22. The fourth-order valence-electron chi connectivity index (χ4n) is 6.71. The molecule has 0 fully saturated rings. The second-order valence-corrected chi connectivity index (χ2v) is 17.5. The van der Waals surface area contributed by atoms with Gasteiger partial charge in [0.05, 0.1) is 38.9 Å². The van der Waals surface area contributed by atoms with E-state index in [1.807, 2.05) is 0 Å². The number of aliphatic carboxylic acids is 1. The van der Waals surface area contributed by atoms with Crippen LogP contribution in [0.3, 0.4) is 0 Å². The number of carboxylic acid groups (broad SMARTS) is 1. The molecule has 0 aliphatic rings. The number of carbonyl (C=O) groups is 11. The van der Waals surface area contributed by atoms with Crippen molar-refractivity contribution in [1.29, 1.82) is 0 Å². The van der Waals surface area contributed by atoms with Crippen LogP contribution in [-0.2, 0) is 52.7 Å². The Hall–Kier alpha value is -7.57.